The molecule has 0 saturated carbocycles. The zero-order chi connectivity index (χ0) is 15.0. The van der Waals surface area contributed by atoms with Gasteiger partial charge in [-0.3, -0.25) is 4.72 Å². The van der Waals surface area contributed by atoms with Crippen molar-refractivity contribution < 1.29 is 8.42 Å². The summed E-state index contributed by atoms with van der Waals surface area (Å²) < 4.78 is 28.7. The van der Waals surface area contributed by atoms with E-state index in [-0.39, 0.29) is 4.90 Å². The number of thiazole rings is 1. The van der Waals surface area contributed by atoms with E-state index in [1.165, 1.54) is 23.5 Å². The maximum Gasteiger partial charge on any atom is 0.263 e. The lowest BCUT2D eigenvalue weighted by molar-refractivity contribution is 0.601. The number of nitrogens with zero attached hydrogens (tertiary/aromatic N) is 1. The predicted molar refractivity (Wildman–Crippen MR) is 89.0 cm³/mol. The molecule has 0 atom stereocenters. The molecule has 0 aliphatic carbocycles. The van der Waals surface area contributed by atoms with E-state index in [1.807, 2.05) is 24.3 Å². The number of benzene rings is 2. The van der Waals surface area contributed by atoms with Crippen LogP contribution in [0, 0.1) is 0 Å². The van der Waals surface area contributed by atoms with E-state index in [4.69, 9.17) is 5.73 Å². The molecule has 0 unspecified atom stereocenters. The summed E-state index contributed by atoms with van der Waals surface area (Å²) in [6.07, 6.45) is 0. The summed E-state index contributed by atoms with van der Waals surface area (Å²) in [6, 6.07) is 12.0. The number of fused-ring (bicyclic) bond motifs is 1. The van der Waals surface area contributed by atoms with Crippen LogP contribution in [0.1, 0.15) is 0 Å². The molecule has 0 spiro atoms. The van der Waals surface area contributed by atoms with Gasteiger partial charge in [-0.2, -0.15) is 0 Å². The maximum absolute atomic E-state index is 12.3. The Morgan fingerprint density at radius 2 is 1.95 bits per heavy atom. The van der Waals surface area contributed by atoms with E-state index in [9.17, 15) is 8.42 Å². The van der Waals surface area contributed by atoms with Crippen LogP contribution in [0.15, 0.2) is 51.8 Å². The van der Waals surface area contributed by atoms with Crippen molar-refractivity contribution in [2.24, 2.45) is 0 Å². The van der Waals surface area contributed by atoms with Crippen LogP contribution in [-0.4, -0.2) is 13.4 Å². The van der Waals surface area contributed by atoms with Gasteiger partial charge in [-0.05, 0) is 46.3 Å². The number of halogens is 1. The van der Waals surface area contributed by atoms with Gasteiger partial charge in [0.15, 0.2) is 5.13 Å². The van der Waals surface area contributed by atoms with Crippen molar-refractivity contribution in [3.63, 3.8) is 0 Å². The summed E-state index contributed by atoms with van der Waals surface area (Å²) in [5, 5.41) is 0.331. The van der Waals surface area contributed by atoms with E-state index in [0.29, 0.717) is 15.3 Å². The number of sulfonamides is 1. The van der Waals surface area contributed by atoms with Gasteiger partial charge in [0.25, 0.3) is 10.0 Å². The quantitative estimate of drug-likeness (QED) is 0.678. The second-order valence-electron chi connectivity index (χ2n) is 4.28. The predicted octanol–water partition coefficient (Wildman–Crippen LogP) is 3.44. The number of aromatic nitrogens is 1. The topological polar surface area (TPSA) is 85.1 Å². The van der Waals surface area contributed by atoms with Gasteiger partial charge in [0.1, 0.15) is 0 Å². The van der Waals surface area contributed by atoms with Crippen molar-refractivity contribution in [3.8, 4) is 0 Å². The third-order valence-corrected chi connectivity index (χ3v) is 5.93. The number of nitrogens with two attached hydrogens (primary N) is 1. The molecular formula is C13H10BrN3O2S2. The molecule has 3 rings (SSSR count). The molecule has 0 bridgehead atoms. The number of nitrogens with one attached hydrogen (secondary N) is 1. The molecule has 1 heterocycles. The van der Waals surface area contributed by atoms with Gasteiger partial charge in [-0.15, -0.1) is 0 Å². The minimum atomic E-state index is -3.70. The van der Waals surface area contributed by atoms with E-state index >= 15 is 0 Å². The highest BCUT2D eigenvalue weighted by molar-refractivity contribution is 9.10. The molecule has 108 valence electrons. The van der Waals surface area contributed by atoms with Crippen LogP contribution >= 0.6 is 27.3 Å². The first-order chi connectivity index (χ1) is 9.95. The van der Waals surface area contributed by atoms with Crippen molar-refractivity contribution in [3.05, 3.63) is 46.9 Å². The van der Waals surface area contributed by atoms with E-state index in [1.54, 1.807) is 6.07 Å². The highest BCUT2D eigenvalue weighted by Gasteiger charge is 2.17. The van der Waals surface area contributed by atoms with Gasteiger partial charge in [0, 0.05) is 10.2 Å². The summed E-state index contributed by atoms with van der Waals surface area (Å²) in [6.45, 7) is 0. The maximum atomic E-state index is 12.3. The fourth-order valence-corrected chi connectivity index (χ4v) is 4.16. The molecule has 2 aromatic carbocycles. The average molecular weight is 384 g/mol. The van der Waals surface area contributed by atoms with E-state index in [0.717, 1.165) is 10.2 Å². The van der Waals surface area contributed by atoms with Crippen LogP contribution in [0.4, 0.5) is 10.8 Å². The van der Waals surface area contributed by atoms with Crippen LogP contribution in [0.25, 0.3) is 10.2 Å². The minimum absolute atomic E-state index is 0.0995. The van der Waals surface area contributed by atoms with Gasteiger partial charge in [-0.1, -0.05) is 23.5 Å². The van der Waals surface area contributed by atoms with Gasteiger partial charge in [0.05, 0.1) is 15.1 Å². The first kappa shape index (κ1) is 14.3. The van der Waals surface area contributed by atoms with Crippen molar-refractivity contribution in [1.29, 1.82) is 0 Å². The third-order valence-electron chi connectivity index (χ3n) is 2.79. The lowest BCUT2D eigenvalue weighted by Crippen LogP contribution is -2.13. The molecule has 0 aliphatic rings. The van der Waals surface area contributed by atoms with Gasteiger partial charge in [0.2, 0.25) is 0 Å². The Labute approximate surface area is 134 Å². The Morgan fingerprint density at radius 1 is 1.19 bits per heavy atom. The van der Waals surface area contributed by atoms with Crippen molar-refractivity contribution in [1.82, 2.24) is 4.98 Å². The fourth-order valence-electron chi connectivity index (χ4n) is 1.78. The average Bonchev–Trinajstić information content (AvgIpc) is 2.82. The first-order valence-corrected chi connectivity index (χ1v) is 8.98. The lowest BCUT2D eigenvalue weighted by atomic mass is 10.3. The number of para-hydroxylation sites is 1. The molecule has 0 amide bonds. The molecule has 1 aromatic heterocycles. The summed E-state index contributed by atoms with van der Waals surface area (Å²) in [7, 11) is -3.70. The molecular weight excluding hydrogens is 374 g/mol. The summed E-state index contributed by atoms with van der Waals surface area (Å²) in [5.41, 5.74) is 6.84. The Morgan fingerprint density at radius 3 is 2.67 bits per heavy atom. The summed E-state index contributed by atoms with van der Waals surface area (Å²) in [5.74, 6) is 0. The van der Waals surface area contributed by atoms with Crippen LogP contribution in [-0.2, 0) is 10.0 Å². The second-order valence-corrected chi connectivity index (χ2v) is 7.84. The molecule has 21 heavy (non-hydrogen) atoms. The minimum Gasteiger partial charge on any atom is -0.398 e. The molecule has 3 N–H and O–H groups in total. The molecule has 0 fully saturated rings. The monoisotopic (exact) mass is 383 g/mol. The van der Waals surface area contributed by atoms with Gasteiger partial charge < -0.3 is 5.73 Å². The SMILES string of the molecule is Nc1cc(S(=O)(=O)Nc2nc3ccccc3s2)ccc1Br. The Bertz CT molecular complexity index is 889. The van der Waals surface area contributed by atoms with Gasteiger partial charge in [-0.25, -0.2) is 13.4 Å². The number of hydrogen-bond donors (Lipinski definition) is 2. The smallest absolute Gasteiger partial charge is 0.263 e. The number of anilines is 2. The largest absolute Gasteiger partial charge is 0.398 e. The van der Waals surface area contributed by atoms with Crippen molar-refractivity contribution >= 4 is 58.3 Å². The zero-order valence-corrected chi connectivity index (χ0v) is 13.8. The van der Waals surface area contributed by atoms with Crippen LogP contribution in [0.3, 0.4) is 0 Å². The van der Waals surface area contributed by atoms with E-state index in [2.05, 4.69) is 25.6 Å². The highest BCUT2D eigenvalue weighted by Crippen LogP contribution is 2.28. The summed E-state index contributed by atoms with van der Waals surface area (Å²) >= 11 is 4.52. The summed E-state index contributed by atoms with van der Waals surface area (Å²) in [4.78, 5) is 4.35. The molecule has 3 aromatic rings. The number of hydrogen-bond acceptors (Lipinski definition) is 5. The van der Waals surface area contributed by atoms with E-state index < -0.39 is 10.0 Å². The molecule has 0 aliphatic heterocycles. The third kappa shape index (κ3) is 2.87. The van der Waals surface area contributed by atoms with Crippen LogP contribution in [0.2, 0.25) is 0 Å². The first-order valence-electron chi connectivity index (χ1n) is 5.89. The van der Waals surface area contributed by atoms with Gasteiger partial charge >= 0.3 is 0 Å². The standard InChI is InChI=1S/C13H10BrN3O2S2/c14-9-6-5-8(7-10(9)15)21(18,19)17-13-16-11-3-1-2-4-12(11)20-13/h1-7H,15H2,(H,16,17). The fraction of sp³-hybridized carbons (Fsp3) is 0. The van der Waals surface area contributed by atoms with Crippen molar-refractivity contribution in [2.75, 3.05) is 10.5 Å². The molecule has 8 heteroatoms. The highest BCUT2D eigenvalue weighted by atomic mass is 79.9. The normalized spacial score (nSPS) is 11.7. The second kappa shape index (κ2) is 5.28. The number of rotatable bonds is 3. The molecule has 5 nitrogen and oxygen atoms in total. The van der Waals surface area contributed by atoms with Crippen LogP contribution < -0.4 is 10.5 Å². The zero-order valence-electron chi connectivity index (χ0n) is 10.6. The van der Waals surface area contributed by atoms with Crippen LogP contribution in [0.5, 0.6) is 0 Å². The Hall–Kier alpha value is -1.64. The molecule has 0 saturated heterocycles. The Kier molecular flexibility index (Phi) is 3.60. The lowest BCUT2D eigenvalue weighted by Gasteiger charge is -2.06. The molecule has 0 radical (unpaired) electrons. The van der Waals surface area contributed by atoms with Crippen molar-refractivity contribution in [2.45, 2.75) is 4.90 Å². The Balaban J connectivity index is 1.96. The number of nitrogen functional groups attached to an aromatic ring is 1.